The summed E-state index contributed by atoms with van der Waals surface area (Å²) in [6.07, 6.45) is -1.40. The second-order valence-electron chi connectivity index (χ2n) is 10.7. The Morgan fingerprint density at radius 1 is 1.16 bits per heavy atom. The molecule has 2 aromatic heterocycles. The maximum atomic E-state index is 13.6. The number of nitrogens with zero attached hydrogens (tertiary/aromatic N) is 5. The summed E-state index contributed by atoms with van der Waals surface area (Å²) in [7, 11) is 0. The normalized spacial score (nSPS) is 19.2. The Bertz CT molecular complexity index is 1420. The Morgan fingerprint density at radius 2 is 1.89 bits per heavy atom. The fourth-order valence-electron chi connectivity index (χ4n) is 4.89. The molecule has 1 N–H and O–H groups in total. The van der Waals surface area contributed by atoms with Gasteiger partial charge in [-0.15, -0.1) is 0 Å². The van der Waals surface area contributed by atoms with E-state index in [1.807, 2.05) is 13.8 Å². The number of para-hydroxylation sites is 1. The lowest BCUT2D eigenvalue weighted by Crippen LogP contribution is -2.36. The largest absolute Gasteiger partial charge is 0.485 e. The van der Waals surface area contributed by atoms with Crippen LogP contribution in [0.1, 0.15) is 60.7 Å². The maximum Gasteiger partial charge on any atom is 0.410 e. The molecule has 10 nitrogen and oxygen atoms in total. The van der Waals surface area contributed by atoms with Gasteiger partial charge in [0.15, 0.2) is 5.65 Å². The molecule has 0 radical (unpaired) electrons. The van der Waals surface area contributed by atoms with E-state index in [4.69, 9.17) is 26.2 Å². The monoisotopic (exact) mass is 541 g/mol. The molecule has 2 aliphatic heterocycles. The van der Waals surface area contributed by atoms with Crippen molar-refractivity contribution in [2.75, 3.05) is 13.1 Å². The molecule has 0 saturated carbocycles. The molecule has 0 aliphatic carbocycles. The van der Waals surface area contributed by atoms with Gasteiger partial charge in [0.25, 0.3) is 5.91 Å². The minimum absolute atomic E-state index is 0.0905. The van der Waals surface area contributed by atoms with Gasteiger partial charge in [-0.25, -0.2) is 14.3 Å². The number of hydrogen-bond acceptors (Lipinski definition) is 7. The number of β-amino-alcohol motifs (C(OH)–C–C–N with tert-alkyl or cyclic N) is 1. The summed E-state index contributed by atoms with van der Waals surface area (Å²) < 4.78 is 13.3. The van der Waals surface area contributed by atoms with Crippen LogP contribution in [0.4, 0.5) is 4.79 Å². The average Bonchev–Trinajstić information content (AvgIpc) is 3.52. The molecular formula is C27H32ClN5O5. The van der Waals surface area contributed by atoms with Gasteiger partial charge in [-0.05, 0) is 46.2 Å². The summed E-state index contributed by atoms with van der Waals surface area (Å²) in [6, 6.07) is 6.94. The first-order valence-corrected chi connectivity index (χ1v) is 13.1. The van der Waals surface area contributed by atoms with E-state index < -0.39 is 23.9 Å². The number of carbonyl (C=O) groups is 2. The average molecular weight is 542 g/mol. The van der Waals surface area contributed by atoms with Crippen molar-refractivity contribution in [3.8, 4) is 5.75 Å². The van der Waals surface area contributed by atoms with Crippen LogP contribution in [-0.4, -0.2) is 72.4 Å². The standard InChI is InChI=1S/C27H32ClN5O5/c1-6-19-23(28)15(2)29-24-17-11-31(12-18(17)30-33(19)24)25(35)16-9-7-8-10-21(16)37-22-14-32(13-20(22)34)26(36)38-27(3,4)5/h7-10,20,22,34H,6,11-14H2,1-5H3. The summed E-state index contributed by atoms with van der Waals surface area (Å²) >= 11 is 6.46. The number of carbonyl (C=O) groups excluding carboxylic acids is 2. The van der Waals surface area contributed by atoms with E-state index in [1.54, 1.807) is 54.5 Å². The molecule has 2 unspecified atom stereocenters. The van der Waals surface area contributed by atoms with Crippen LogP contribution in [0.25, 0.3) is 5.65 Å². The molecule has 0 spiro atoms. The predicted molar refractivity (Wildman–Crippen MR) is 140 cm³/mol. The molecule has 2 amide bonds. The SMILES string of the molecule is CCc1c(Cl)c(C)nc2c3c(nn12)CN(C(=O)c1ccccc1OC1CN(C(=O)OC(C)(C)C)CC1O)C3. The van der Waals surface area contributed by atoms with Gasteiger partial charge in [-0.3, -0.25) is 4.79 Å². The van der Waals surface area contributed by atoms with E-state index in [0.717, 1.165) is 28.3 Å². The number of aryl methyl sites for hydroxylation is 2. The van der Waals surface area contributed by atoms with Crippen LogP contribution < -0.4 is 4.74 Å². The van der Waals surface area contributed by atoms with E-state index in [2.05, 4.69) is 4.98 Å². The first-order chi connectivity index (χ1) is 18.0. The highest BCUT2D eigenvalue weighted by Gasteiger charge is 2.39. The molecule has 11 heteroatoms. The van der Waals surface area contributed by atoms with Gasteiger partial charge in [0, 0.05) is 5.56 Å². The number of benzene rings is 1. The Morgan fingerprint density at radius 3 is 2.61 bits per heavy atom. The third-order valence-electron chi connectivity index (χ3n) is 6.74. The van der Waals surface area contributed by atoms with Gasteiger partial charge in [0.2, 0.25) is 0 Å². The molecule has 1 fully saturated rings. The Kier molecular flexibility index (Phi) is 6.73. The number of aliphatic hydroxyl groups is 1. The maximum absolute atomic E-state index is 13.6. The zero-order valence-corrected chi connectivity index (χ0v) is 22.9. The van der Waals surface area contributed by atoms with Crippen molar-refractivity contribution in [3.63, 3.8) is 0 Å². The van der Waals surface area contributed by atoms with Crippen molar-refractivity contribution in [2.24, 2.45) is 0 Å². The van der Waals surface area contributed by atoms with Crippen molar-refractivity contribution < 1.29 is 24.2 Å². The lowest BCUT2D eigenvalue weighted by Gasteiger charge is -2.24. The highest BCUT2D eigenvalue weighted by molar-refractivity contribution is 6.31. The fraction of sp³-hybridized carbons (Fsp3) is 0.481. The van der Waals surface area contributed by atoms with Crippen LogP contribution in [-0.2, 0) is 24.2 Å². The quantitative estimate of drug-likeness (QED) is 0.535. The molecule has 202 valence electrons. The molecule has 2 atom stereocenters. The van der Waals surface area contributed by atoms with Gasteiger partial charge in [0.1, 0.15) is 23.6 Å². The van der Waals surface area contributed by atoms with Crippen molar-refractivity contribution in [3.05, 3.63) is 57.5 Å². The third-order valence-corrected chi connectivity index (χ3v) is 7.23. The Labute approximate surface area is 226 Å². The van der Waals surface area contributed by atoms with Crippen molar-refractivity contribution >= 4 is 29.2 Å². The summed E-state index contributed by atoms with van der Waals surface area (Å²) in [5.41, 5.74) is 3.78. The lowest BCUT2D eigenvalue weighted by molar-refractivity contribution is 0.0268. The van der Waals surface area contributed by atoms with E-state index >= 15 is 0 Å². The molecule has 2 aliphatic rings. The molecule has 1 aromatic carbocycles. The highest BCUT2D eigenvalue weighted by atomic mass is 35.5. The number of amides is 2. The van der Waals surface area contributed by atoms with Gasteiger partial charge in [-0.2, -0.15) is 5.10 Å². The summed E-state index contributed by atoms with van der Waals surface area (Å²) in [5, 5.41) is 15.9. The van der Waals surface area contributed by atoms with Crippen LogP contribution in [0.2, 0.25) is 5.02 Å². The van der Waals surface area contributed by atoms with Gasteiger partial charge in [-0.1, -0.05) is 30.7 Å². The fourth-order valence-corrected chi connectivity index (χ4v) is 5.15. The van der Waals surface area contributed by atoms with Crippen LogP contribution in [0.5, 0.6) is 5.75 Å². The van der Waals surface area contributed by atoms with Crippen molar-refractivity contribution in [1.82, 2.24) is 24.4 Å². The van der Waals surface area contributed by atoms with E-state index in [9.17, 15) is 14.7 Å². The number of fused-ring (bicyclic) bond motifs is 3. The highest BCUT2D eigenvalue weighted by Crippen LogP contribution is 2.32. The number of likely N-dealkylation sites (tertiary alicyclic amines) is 1. The number of ether oxygens (including phenoxy) is 2. The molecule has 4 heterocycles. The third kappa shape index (κ3) is 4.78. The zero-order chi connectivity index (χ0) is 27.4. The number of aromatic nitrogens is 3. The molecule has 3 aromatic rings. The molecule has 0 bridgehead atoms. The van der Waals surface area contributed by atoms with E-state index in [-0.39, 0.29) is 19.0 Å². The van der Waals surface area contributed by atoms with E-state index in [1.165, 1.54) is 4.90 Å². The van der Waals surface area contributed by atoms with Crippen LogP contribution in [0.3, 0.4) is 0 Å². The zero-order valence-electron chi connectivity index (χ0n) is 22.2. The Balaban J connectivity index is 1.33. The smallest absolute Gasteiger partial charge is 0.410 e. The van der Waals surface area contributed by atoms with E-state index in [0.29, 0.717) is 35.8 Å². The number of aliphatic hydroxyl groups excluding tert-OH is 1. The lowest BCUT2D eigenvalue weighted by atomic mass is 10.1. The minimum atomic E-state index is -0.913. The van der Waals surface area contributed by atoms with Crippen molar-refractivity contribution in [1.29, 1.82) is 0 Å². The van der Waals surface area contributed by atoms with Crippen molar-refractivity contribution in [2.45, 2.75) is 71.9 Å². The van der Waals surface area contributed by atoms with Crippen LogP contribution in [0, 0.1) is 6.92 Å². The predicted octanol–water partition coefficient (Wildman–Crippen LogP) is 3.77. The first kappa shape index (κ1) is 26.2. The summed E-state index contributed by atoms with van der Waals surface area (Å²) in [5.74, 6) is 0.134. The summed E-state index contributed by atoms with van der Waals surface area (Å²) in [6.45, 7) is 10.2. The van der Waals surface area contributed by atoms with Gasteiger partial charge >= 0.3 is 6.09 Å². The van der Waals surface area contributed by atoms with Crippen LogP contribution in [0.15, 0.2) is 24.3 Å². The number of rotatable bonds is 4. The number of hydrogen-bond donors (Lipinski definition) is 1. The Hall–Kier alpha value is -3.37. The van der Waals surface area contributed by atoms with Gasteiger partial charge in [0.05, 0.1) is 53.8 Å². The second-order valence-corrected chi connectivity index (χ2v) is 11.1. The topological polar surface area (TPSA) is 110 Å². The minimum Gasteiger partial charge on any atom is -0.485 e. The number of halogens is 1. The van der Waals surface area contributed by atoms with Gasteiger partial charge < -0.3 is 24.4 Å². The second kappa shape index (κ2) is 9.74. The first-order valence-electron chi connectivity index (χ1n) is 12.7. The summed E-state index contributed by atoms with van der Waals surface area (Å²) in [4.78, 5) is 33.9. The molecule has 38 heavy (non-hydrogen) atoms. The molecule has 5 rings (SSSR count). The van der Waals surface area contributed by atoms with Crippen LogP contribution >= 0.6 is 11.6 Å². The molecule has 1 saturated heterocycles. The molecular weight excluding hydrogens is 510 g/mol.